The van der Waals surface area contributed by atoms with Gasteiger partial charge in [-0.1, -0.05) is 6.92 Å². The second-order valence-corrected chi connectivity index (χ2v) is 4.43. The molecule has 3 heteroatoms. The summed E-state index contributed by atoms with van der Waals surface area (Å²) < 4.78 is 5.00. The lowest BCUT2D eigenvalue weighted by Crippen LogP contribution is -2.42. The second kappa shape index (κ2) is 3.56. The zero-order valence-corrected chi connectivity index (χ0v) is 8.96. The molecule has 0 N–H and O–H groups in total. The minimum Gasteiger partial charge on any atom is -0.450 e. The molecule has 0 aliphatic carbocycles. The number of carbonyl (C=O) groups is 1. The highest BCUT2D eigenvalue weighted by Crippen LogP contribution is 2.32. The topological polar surface area (TPSA) is 29.5 Å². The summed E-state index contributed by atoms with van der Waals surface area (Å²) in [6.07, 6.45) is 0.892. The van der Waals surface area contributed by atoms with Crippen LogP contribution in [0.3, 0.4) is 0 Å². The number of ether oxygens (including phenoxy) is 1. The predicted octanol–water partition coefficient (Wildman–Crippen LogP) is 2.26. The van der Waals surface area contributed by atoms with E-state index in [0.29, 0.717) is 12.5 Å². The van der Waals surface area contributed by atoms with Crippen LogP contribution < -0.4 is 0 Å². The van der Waals surface area contributed by atoms with Crippen LogP contribution in [0.5, 0.6) is 0 Å². The summed E-state index contributed by atoms with van der Waals surface area (Å²) in [5.74, 6) is 0.583. The first-order valence-corrected chi connectivity index (χ1v) is 4.91. The zero-order valence-electron chi connectivity index (χ0n) is 8.96. The minimum atomic E-state index is -0.170. The van der Waals surface area contributed by atoms with Gasteiger partial charge in [0.15, 0.2) is 0 Å². The van der Waals surface area contributed by atoms with Crippen molar-refractivity contribution in [2.24, 2.45) is 5.92 Å². The lowest BCUT2D eigenvalue weighted by molar-refractivity contribution is 0.0843. The quantitative estimate of drug-likeness (QED) is 0.627. The third kappa shape index (κ3) is 2.14. The van der Waals surface area contributed by atoms with Crippen molar-refractivity contribution in [1.29, 1.82) is 0 Å². The summed E-state index contributed by atoms with van der Waals surface area (Å²) in [6, 6.07) is 0. The Labute approximate surface area is 80.1 Å². The van der Waals surface area contributed by atoms with Crippen molar-refractivity contribution in [3.63, 3.8) is 0 Å². The summed E-state index contributed by atoms with van der Waals surface area (Å²) in [4.78, 5) is 13.3. The van der Waals surface area contributed by atoms with Crippen molar-refractivity contribution >= 4 is 6.09 Å². The first-order chi connectivity index (χ1) is 5.97. The molecule has 1 amide bonds. The van der Waals surface area contributed by atoms with Crippen LogP contribution in [0, 0.1) is 5.92 Å². The predicted molar refractivity (Wildman–Crippen MR) is 51.6 cm³/mol. The number of hydrogen-bond acceptors (Lipinski definition) is 2. The fraction of sp³-hybridized carbons (Fsp3) is 0.900. The normalized spacial score (nSPS) is 26.2. The van der Waals surface area contributed by atoms with Crippen LogP contribution in [0.15, 0.2) is 0 Å². The van der Waals surface area contributed by atoms with E-state index in [1.807, 2.05) is 11.8 Å². The molecule has 3 nitrogen and oxygen atoms in total. The van der Waals surface area contributed by atoms with Gasteiger partial charge in [-0.2, -0.15) is 0 Å². The molecule has 1 aliphatic rings. The van der Waals surface area contributed by atoms with Crippen LogP contribution in [0.2, 0.25) is 0 Å². The number of amides is 1. The number of nitrogens with zero attached hydrogens (tertiary/aromatic N) is 1. The first-order valence-electron chi connectivity index (χ1n) is 4.91. The van der Waals surface area contributed by atoms with Crippen LogP contribution in [0.1, 0.15) is 34.1 Å². The lowest BCUT2D eigenvalue weighted by atomic mass is 9.98. The van der Waals surface area contributed by atoms with E-state index >= 15 is 0 Å². The molecule has 76 valence electrons. The molecule has 0 aromatic carbocycles. The van der Waals surface area contributed by atoms with E-state index in [-0.39, 0.29) is 11.6 Å². The molecule has 0 bridgehead atoms. The van der Waals surface area contributed by atoms with Gasteiger partial charge in [0, 0.05) is 12.1 Å². The molecule has 1 atom stereocenters. The zero-order chi connectivity index (χ0) is 10.1. The van der Waals surface area contributed by atoms with Gasteiger partial charge in [0.25, 0.3) is 0 Å². The molecule has 13 heavy (non-hydrogen) atoms. The van der Waals surface area contributed by atoms with Crippen LogP contribution in [-0.2, 0) is 4.74 Å². The Kier molecular flexibility index (Phi) is 2.84. The lowest BCUT2D eigenvalue weighted by Gasteiger charge is -2.30. The Hall–Kier alpha value is -0.730. The summed E-state index contributed by atoms with van der Waals surface area (Å²) in [5, 5.41) is 0. The number of hydrogen-bond donors (Lipinski definition) is 0. The molecule has 0 aromatic rings. The van der Waals surface area contributed by atoms with Crippen LogP contribution in [0.4, 0.5) is 4.79 Å². The SMILES string of the molecule is CCOC(=O)N1CC(C)CC1(C)C. The highest BCUT2D eigenvalue weighted by atomic mass is 16.6. The summed E-state index contributed by atoms with van der Waals surface area (Å²) >= 11 is 0. The van der Waals surface area contributed by atoms with Crippen molar-refractivity contribution in [3.05, 3.63) is 0 Å². The Morgan fingerprint density at radius 1 is 1.62 bits per heavy atom. The number of carbonyl (C=O) groups excluding carboxylic acids is 1. The van der Waals surface area contributed by atoms with E-state index in [0.717, 1.165) is 13.0 Å². The Balaban J connectivity index is 2.64. The van der Waals surface area contributed by atoms with E-state index in [1.165, 1.54) is 0 Å². The van der Waals surface area contributed by atoms with Crippen LogP contribution >= 0.6 is 0 Å². The third-order valence-corrected chi connectivity index (χ3v) is 2.56. The highest BCUT2D eigenvalue weighted by Gasteiger charge is 2.39. The Bertz CT molecular complexity index is 201. The number of rotatable bonds is 1. The van der Waals surface area contributed by atoms with Crippen molar-refractivity contribution in [2.45, 2.75) is 39.7 Å². The molecule has 1 saturated heterocycles. The Morgan fingerprint density at radius 2 is 2.23 bits per heavy atom. The van der Waals surface area contributed by atoms with E-state index in [9.17, 15) is 4.79 Å². The summed E-state index contributed by atoms with van der Waals surface area (Å²) in [7, 11) is 0. The molecule has 0 saturated carbocycles. The van der Waals surface area contributed by atoms with Crippen LogP contribution in [0.25, 0.3) is 0 Å². The van der Waals surface area contributed by atoms with Gasteiger partial charge in [0.2, 0.25) is 0 Å². The molecule has 0 spiro atoms. The molecule has 0 aromatic heterocycles. The fourth-order valence-corrected chi connectivity index (χ4v) is 2.11. The molecule has 1 aliphatic heterocycles. The number of likely N-dealkylation sites (tertiary alicyclic amines) is 1. The molecule has 0 radical (unpaired) electrons. The van der Waals surface area contributed by atoms with Gasteiger partial charge in [0.1, 0.15) is 0 Å². The molecule has 1 rings (SSSR count). The van der Waals surface area contributed by atoms with Crippen molar-refractivity contribution in [3.8, 4) is 0 Å². The maximum absolute atomic E-state index is 11.5. The van der Waals surface area contributed by atoms with Crippen molar-refractivity contribution in [1.82, 2.24) is 4.90 Å². The van der Waals surface area contributed by atoms with Crippen LogP contribution in [-0.4, -0.2) is 29.7 Å². The maximum atomic E-state index is 11.5. The van der Waals surface area contributed by atoms with E-state index < -0.39 is 0 Å². The highest BCUT2D eigenvalue weighted by molar-refractivity contribution is 5.69. The van der Waals surface area contributed by atoms with E-state index in [2.05, 4.69) is 20.8 Å². The van der Waals surface area contributed by atoms with Gasteiger partial charge in [0.05, 0.1) is 6.61 Å². The molecular weight excluding hydrogens is 166 g/mol. The summed E-state index contributed by atoms with van der Waals surface area (Å²) in [6.45, 7) is 9.47. The molecule has 1 heterocycles. The average Bonchev–Trinajstić information content (AvgIpc) is 2.24. The average molecular weight is 185 g/mol. The van der Waals surface area contributed by atoms with Gasteiger partial charge in [-0.15, -0.1) is 0 Å². The van der Waals surface area contributed by atoms with Gasteiger partial charge in [-0.3, -0.25) is 0 Å². The first kappa shape index (κ1) is 10.4. The van der Waals surface area contributed by atoms with Gasteiger partial charge < -0.3 is 9.64 Å². The minimum absolute atomic E-state index is 0.0360. The smallest absolute Gasteiger partial charge is 0.410 e. The Morgan fingerprint density at radius 3 is 2.62 bits per heavy atom. The third-order valence-electron chi connectivity index (χ3n) is 2.56. The van der Waals surface area contributed by atoms with Gasteiger partial charge in [-0.05, 0) is 33.1 Å². The molecule has 1 unspecified atom stereocenters. The molecular formula is C10H19NO2. The van der Waals surface area contributed by atoms with Gasteiger partial charge >= 0.3 is 6.09 Å². The fourth-order valence-electron chi connectivity index (χ4n) is 2.11. The van der Waals surface area contributed by atoms with Gasteiger partial charge in [-0.25, -0.2) is 4.79 Å². The monoisotopic (exact) mass is 185 g/mol. The van der Waals surface area contributed by atoms with Crippen molar-refractivity contribution < 1.29 is 9.53 Å². The standard InChI is InChI=1S/C10H19NO2/c1-5-13-9(12)11-7-8(2)6-10(11,3)4/h8H,5-7H2,1-4H3. The van der Waals surface area contributed by atoms with Crippen molar-refractivity contribution in [2.75, 3.05) is 13.2 Å². The maximum Gasteiger partial charge on any atom is 0.410 e. The van der Waals surface area contributed by atoms with E-state index in [4.69, 9.17) is 4.74 Å². The largest absolute Gasteiger partial charge is 0.450 e. The molecule has 1 fully saturated rings. The summed E-state index contributed by atoms with van der Waals surface area (Å²) in [5.41, 5.74) is -0.0360. The second-order valence-electron chi connectivity index (χ2n) is 4.43. The van der Waals surface area contributed by atoms with E-state index in [1.54, 1.807) is 0 Å².